The molecule has 4 heteroatoms. The standard InChI is InChI=1S/C26H32N2O2/c1-18-8-11-21(12-9-18)23(28-14-6-4-5-7-15-28)17-27-26(29)25-20(3)22-13-10-19(2)16-24(22)30-25/h8-13,16,23H,4-7,14-15,17H2,1-3H3,(H,27,29)/t23-/m0/s1. The first-order chi connectivity index (χ1) is 14.5. The number of likely N-dealkylation sites (tertiary alicyclic amines) is 1. The molecule has 0 aliphatic carbocycles. The summed E-state index contributed by atoms with van der Waals surface area (Å²) in [5, 5.41) is 4.18. The van der Waals surface area contributed by atoms with Crippen molar-refractivity contribution < 1.29 is 9.21 Å². The van der Waals surface area contributed by atoms with Gasteiger partial charge in [0, 0.05) is 17.5 Å². The Kier molecular flexibility index (Phi) is 6.24. The molecule has 158 valence electrons. The van der Waals surface area contributed by atoms with Crippen molar-refractivity contribution in [1.29, 1.82) is 0 Å². The molecule has 0 bridgehead atoms. The fraction of sp³-hybridized carbons (Fsp3) is 0.423. The van der Waals surface area contributed by atoms with Crippen molar-refractivity contribution >= 4 is 16.9 Å². The van der Waals surface area contributed by atoms with Gasteiger partial charge in [-0.15, -0.1) is 0 Å². The molecule has 1 aliphatic rings. The Morgan fingerprint density at radius 1 is 0.967 bits per heavy atom. The predicted molar refractivity (Wildman–Crippen MR) is 122 cm³/mol. The molecule has 2 aromatic carbocycles. The Morgan fingerprint density at radius 3 is 2.33 bits per heavy atom. The lowest BCUT2D eigenvalue weighted by atomic mass is 10.0. The molecular weight excluding hydrogens is 372 g/mol. The molecule has 4 rings (SSSR count). The largest absolute Gasteiger partial charge is 0.451 e. The fourth-order valence-corrected chi connectivity index (χ4v) is 4.47. The number of fused-ring (bicyclic) bond motifs is 1. The fourth-order valence-electron chi connectivity index (χ4n) is 4.47. The van der Waals surface area contributed by atoms with Crippen molar-refractivity contribution in [2.45, 2.75) is 52.5 Å². The summed E-state index contributed by atoms with van der Waals surface area (Å²) in [6.45, 7) is 8.84. The van der Waals surface area contributed by atoms with Crippen molar-refractivity contribution in [2.75, 3.05) is 19.6 Å². The Morgan fingerprint density at radius 2 is 1.63 bits per heavy atom. The highest BCUT2D eigenvalue weighted by Gasteiger charge is 2.24. The van der Waals surface area contributed by atoms with E-state index in [1.54, 1.807) is 0 Å². The lowest BCUT2D eigenvalue weighted by molar-refractivity contribution is 0.0907. The molecule has 0 radical (unpaired) electrons. The van der Waals surface area contributed by atoms with E-state index in [1.807, 2.05) is 26.0 Å². The molecule has 1 N–H and O–H groups in total. The first kappa shape index (κ1) is 20.7. The molecule has 1 aliphatic heterocycles. The summed E-state index contributed by atoms with van der Waals surface area (Å²) in [4.78, 5) is 15.6. The van der Waals surface area contributed by atoms with Crippen LogP contribution < -0.4 is 5.32 Å². The third-order valence-corrected chi connectivity index (χ3v) is 6.30. The molecular formula is C26H32N2O2. The Bertz CT molecular complexity index is 1010. The maximum atomic E-state index is 13.0. The molecule has 30 heavy (non-hydrogen) atoms. The van der Waals surface area contributed by atoms with Crippen LogP contribution in [0.5, 0.6) is 0 Å². The van der Waals surface area contributed by atoms with Gasteiger partial charge in [-0.2, -0.15) is 0 Å². The summed E-state index contributed by atoms with van der Waals surface area (Å²) < 4.78 is 5.94. The molecule has 0 unspecified atom stereocenters. The topological polar surface area (TPSA) is 45.5 Å². The summed E-state index contributed by atoms with van der Waals surface area (Å²) >= 11 is 0. The number of hydrogen-bond acceptors (Lipinski definition) is 3. The van der Waals surface area contributed by atoms with E-state index in [9.17, 15) is 4.79 Å². The van der Waals surface area contributed by atoms with Crippen molar-refractivity contribution in [3.8, 4) is 0 Å². The average Bonchev–Trinajstić information content (AvgIpc) is 2.90. The minimum Gasteiger partial charge on any atom is -0.451 e. The zero-order valence-electron chi connectivity index (χ0n) is 18.3. The SMILES string of the molecule is Cc1ccc([C@H](CNC(=O)c2oc3cc(C)ccc3c2C)N2CCCCCC2)cc1. The highest BCUT2D eigenvalue weighted by Crippen LogP contribution is 2.27. The van der Waals surface area contributed by atoms with Gasteiger partial charge in [0.05, 0.1) is 6.04 Å². The number of nitrogens with zero attached hydrogens (tertiary/aromatic N) is 1. The predicted octanol–water partition coefficient (Wildman–Crippen LogP) is 5.71. The second-order valence-electron chi connectivity index (χ2n) is 8.64. The lowest BCUT2D eigenvalue weighted by Crippen LogP contribution is -2.38. The summed E-state index contributed by atoms with van der Waals surface area (Å²) in [5.74, 6) is 0.294. The molecule has 1 atom stereocenters. The highest BCUT2D eigenvalue weighted by atomic mass is 16.3. The van der Waals surface area contributed by atoms with Crippen LogP contribution in [-0.4, -0.2) is 30.4 Å². The normalized spacial score (nSPS) is 16.4. The Balaban J connectivity index is 1.55. The molecule has 2 heterocycles. The van der Waals surface area contributed by atoms with Crippen molar-refractivity contribution in [2.24, 2.45) is 0 Å². The van der Waals surface area contributed by atoms with E-state index in [1.165, 1.54) is 36.8 Å². The van der Waals surface area contributed by atoms with Gasteiger partial charge in [-0.3, -0.25) is 9.69 Å². The van der Waals surface area contributed by atoms with Crippen LogP contribution in [0.15, 0.2) is 46.9 Å². The number of carbonyl (C=O) groups is 1. The van der Waals surface area contributed by atoms with Crippen LogP contribution in [0.25, 0.3) is 11.0 Å². The molecule has 1 saturated heterocycles. The average molecular weight is 405 g/mol. The Hall–Kier alpha value is -2.59. The summed E-state index contributed by atoms with van der Waals surface area (Å²) in [6, 6.07) is 15.0. The highest BCUT2D eigenvalue weighted by molar-refractivity contribution is 5.99. The van der Waals surface area contributed by atoms with Crippen molar-refractivity contribution in [3.63, 3.8) is 0 Å². The molecule has 0 spiro atoms. The molecule has 3 aromatic rings. The number of benzene rings is 2. The van der Waals surface area contributed by atoms with E-state index in [2.05, 4.69) is 47.5 Å². The van der Waals surface area contributed by atoms with Crippen LogP contribution in [0.4, 0.5) is 0 Å². The number of carbonyl (C=O) groups excluding carboxylic acids is 1. The van der Waals surface area contributed by atoms with E-state index < -0.39 is 0 Å². The van der Waals surface area contributed by atoms with Crippen molar-refractivity contribution in [3.05, 3.63) is 70.5 Å². The van der Waals surface area contributed by atoms with E-state index in [0.717, 1.165) is 35.2 Å². The zero-order valence-corrected chi connectivity index (χ0v) is 18.3. The van der Waals surface area contributed by atoms with Crippen LogP contribution in [0.2, 0.25) is 0 Å². The number of aryl methyl sites for hydroxylation is 3. The van der Waals surface area contributed by atoms with Gasteiger partial charge in [-0.25, -0.2) is 0 Å². The summed E-state index contributed by atoms with van der Waals surface area (Å²) in [6.07, 6.45) is 5.03. The van der Waals surface area contributed by atoms with E-state index in [-0.39, 0.29) is 11.9 Å². The van der Waals surface area contributed by atoms with Crippen LogP contribution in [0.3, 0.4) is 0 Å². The van der Waals surface area contributed by atoms with Crippen LogP contribution in [0, 0.1) is 20.8 Å². The lowest BCUT2D eigenvalue weighted by Gasteiger charge is -2.31. The van der Waals surface area contributed by atoms with Gasteiger partial charge < -0.3 is 9.73 Å². The van der Waals surface area contributed by atoms with Crippen molar-refractivity contribution in [1.82, 2.24) is 10.2 Å². The van der Waals surface area contributed by atoms with Gasteiger partial charge in [0.1, 0.15) is 5.58 Å². The van der Waals surface area contributed by atoms with Crippen LogP contribution in [0.1, 0.15) is 64.5 Å². The van der Waals surface area contributed by atoms with Gasteiger partial charge >= 0.3 is 0 Å². The van der Waals surface area contributed by atoms with E-state index in [0.29, 0.717) is 12.3 Å². The zero-order chi connectivity index (χ0) is 21.1. The molecule has 1 fully saturated rings. The minimum absolute atomic E-state index is 0.131. The van der Waals surface area contributed by atoms with Gasteiger partial charge in [0.25, 0.3) is 5.91 Å². The summed E-state index contributed by atoms with van der Waals surface area (Å²) in [5.41, 5.74) is 5.33. The first-order valence-electron chi connectivity index (χ1n) is 11.1. The summed E-state index contributed by atoms with van der Waals surface area (Å²) in [7, 11) is 0. The number of amides is 1. The van der Waals surface area contributed by atoms with E-state index in [4.69, 9.17) is 4.42 Å². The van der Waals surface area contributed by atoms with Gasteiger partial charge in [0.15, 0.2) is 5.76 Å². The van der Waals surface area contributed by atoms with Gasteiger partial charge in [-0.1, -0.05) is 54.8 Å². The second-order valence-corrected chi connectivity index (χ2v) is 8.64. The molecule has 4 nitrogen and oxygen atoms in total. The molecule has 0 saturated carbocycles. The van der Waals surface area contributed by atoms with Crippen LogP contribution >= 0.6 is 0 Å². The third-order valence-electron chi connectivity index (χ3n) is 6.30. The minimum atomic E-state index is -0.131. The molecule has 1 amide bonds. The maximum Gasteiger partial charge on any atom is 0.287 e. The number of rotatable bonds is 5. The smallest absolute Gasteiger partial charge is 0.287 e. The maximum absolute atomic E-state index is 13.0. The Labute approximate surface area is 179 Å². The third kappa shape index (κ3) is 4.44. The van der Waals surface area contributed by atoms with Crippen LogP contribution in [-0.2, 0) is 0 Å². The first-order valence-corrected chi connectivity index (χ1v) is 11.1. The number of furan rings is 1. The number of hydrogen-bond donors (Lipinski definition) is 1. The van der Waals surface area contributed by atoms with Gasteiger partial charge in [-0.05, 0) is 63.9 Å². The number of nitrogens with one attached hydrogen (secondary N) is 1. The quantitative estimate of drug-likeness (QED) is 0.593. The second kappa shape index (κ2) is 9.05. The van der Waals surface area contributed by atoms with E-state index >= 15 is 0 Å². The monoisotopic (exact) mass is 404 g/mol. The molecule has 1 aromatic heterocycles. The van der Waals surface area contributed by atoms with Gasteiger partial charge in [0.2, 0.25) is 0 Å².